The minimum atomic E-state index is 0.787. The van der Waals surface area contributed by atoms with E-state index in [-0.39, 0.29) is 0 Å². The zero-order chi connectivity index (χ0) is 13.0. The second-order valence-electron chi connectivity index (χ2n) is 4.35. The lowest BCUT2D eigenvalue weighted by Gasteiger charge is -2.09. The van der Waals surface area contributed by atoms with Crippen molar-refractivity contribution in [3.8, 4) is 5.75 Å². The molecule has 1 aromatic heterocycles. The first kappa shape index (κ1) is 12.4. The van der Waals surface area contributed by atoms with E-state index in [9.17, 15) is 0 Å². The molecule has 1 aromatic carbocycles. The number of hydrogen-bond acceptors (Lipinski definition) is 3. The van der Waals surface area contributed by atoms with Gasteiger partial charge in [-0.05, 0) is 43.2 Å². The third kappa shape index (κ3) is 3.00. The standard InChI is InChI=1S/C15H18N2O/c1-11-8-13(5-7-15(11)18-3)9-17-14-6-4-12(2)16-10-14/h4-8,10,17H,9H2,1-3H3. The molecule has 0 saturated heterocycles. The molecule has 0 saturated carbocycles. The Morgan fingerprint density at radius 1 is 1.17 bits per heavy atom. The highest BCUT2D eigenvalue weighted by Crippen LogP contribution is 2.19. The fourth-order valence-corrected chi connectivity index (χ4v) is 1.83. The zero-order valence-corrected chi connectivity index (χ0v) is 11.0. The summed E-state index contributed by atoms with van der Waals surface area (Å²) in [4.78, 5) is 4.25. The van der Waals surface area contributed by atoms with Gasteiger partial charge in [0.15, 0.2) is 0 Å². The number of methoxy groups -OCH3 is 1. The van der Waals surface area contributed by atoms with Crippen molar-refractivity contribution in [1.82, 2.24) is 4.98 Å². The average molecular weight is 242 g/mol. The van der Waals surface area contributed by atoms with E-state index in [0.29, 0.717) is 0 Å². The van der Waals surface area contributed by atoms with E-state index in [1.54, 1.807) is 7.11 Å². The third-order valence-corrected chi connectivity index (χ3v) is 2.87. The van der Waals surface area contributed by atoms with Crippen LogP contribution in [0.25, 0.3) is 0 Å². The molecule has 2 rings (SSSR count). The molecular weight excluding hydrogens is 224 g/mol. The summed E-state index contributed by atoms with van der Waals surface area (Å²) in [6, 6.07) is 10.2. The summed E-state index contributed by atoms with van der Waals surface area (Å²) < 4.78 is 5.25. The molecule has 3 heteroatoms. The van der Waals surface area contributed by atoms with E-state index in [4.69, 9.17) is 4.74 Å². The van der Waals surface area contributed by atoms with Gasteiger partial charge in [-0.15, -0.1) is 0 Å². The van der Waals surface area contributed by atoms with Gasteiger partial charge in [0.1, 0.15) is 5.75 Å². The first-order valence-corrected chi connectivity index (χ1v) is 5.99. The van der Waals surface area contributed by atoms with Crippen molar-refractivity contribution in [2.75, 3.05) is 12.4 Å². The third-order valence-electron chi connectivity index (χ3n) is 2.87. The highest BCUT2D eigenvalue weighted by atomic mass is 16.5. The molecule has 1 heterocycles. The molecule has 0 radical (unpaired) electrons. The van der Waals surface area contributed by atoms with Crippen molar-refractivity contribution >= 4 is 5.69 Å². The molecule has 3 nitrogen and oxygen atoms in total. The molecule has 0 aliphatic heterocycles. The largest absolute Gasteiger partial charge is 0.496 e. The minimum Gasteiger partial charge on any atom is -0.496 e. The first-order chi connectivity index (χ1) is 8.69. The Morgan fingerprint density at radius 2 is 2.00 bits per heavy atom. The van der Waals surface area contributed by atoms with Crippen LogP contribution in [0, 0.1) is 13.8 Å². The normalized spacial score (nSPS) is 10.2. The molecule has 2 aromatic rings. The summed E-state index contributed by atoms with van der Waals surface area (Å²) in [6.45, 7) is 4.82. The number of pyridine rings is 1. The van der Waals surface area contributed by atoms with Crippen LogP contribution in [0.4, 0.5) is 5.69 Å². The van der Waals surface area contributed by atoms with Crippen LogP contribution in [0.1, 0.15) is 16.8 Å². The summed E-state index contributed by atoms with van der Waals surface area (Å²) in [5, 5.41) is 3.35. The number of rotatable bonds is 4. The summed E-state index contributed by atoms with van der Waals surface area (Å²) in [5.74, 6) is 0.927. The number of ether oxygens (including phenoxy) is 1. The maximum Gasteiger partial charge on any atom is 0.121 e. The number of nitrogens with zero attached hydrogens (tertiary/aromatic N) is 1. The molecule has 0 fully saturated rings. The van der Waals surface area contributed by atoms with Crippen molar-refractivity contribution in [3.05, 3.63) is 53.3 Å². The summed E-state index contributed by atoms with van der Waals surface area (Å²) in [6.07, 6.45) is 1.85. The Kier molecular flexibility index (Phi) is 3.82. The molecular formula is C15H18N2O. The molecule has 1 N–H and O–H groups in total. The highest BCUT2D eigenvalue weighted by Gasteiger charge is 2.00. The highest BCUT2D eigenvalue weighted by molar-refractivity contribution is 5.43. The predicted octanol–water partition coefficient (Wildman–Crippen LogP) is 3.32. The fraction of sp³-hybridized carbons (Fsp3) is 0.267. The van der Waals surface area contributed by atoms with E-state index in [1.807, 2.05) is 31.3 Å². The van der Waals surface area contributed by atoms with E-state index in [1.165, 1.54) is 5.56 Å². The SMILES string of the molecule is COc1ccc(CNc2ccc(C)nc2)cc1C. The van der Waals surface area contributed by atoms with Gasteiger partial charge >= 0.3 is 0 Å². The van der Waals surface area contributed by atoms with E-state index >= 15 is 0 Å². The van der Waals surface area contributed by atoms with Crippen LogP contribution in [0.3, 0.4) is 0 Å². The number of anilines is 1. The van der Waals surface area contributed by atoms with E-state index in [2.05, 4.69) is 29.4 Å². The Bertz CT molecular complexity index is 521. The Labute approximate surface area is 108 Å². The summed E-state index contributed by atoms with van der Waals surface area (Å²) in [5.41, 5.74) is 4.45. The van der Waals surface area contributed by atoms with Gasteiger partial charge in [0.05, 0.1) is 19.0 Å². The van der Waals surface area contributed by atoms with Crippen molar-refractivity contribution in [1.29, 1.82) is 0 Å². The van der Waals surface area contributed by atoms with Gasteiger partial charge in [-0.25, -0.2) is 0 Å². The van der Waals surface area contributed by atoms with Gasteiger partial charge in [-0.3, -0.25) is 4.98 Å². The summed E-state index contributed by atoms with van der Waals surface area (Å²) >= 11 is 0. The lowest BCUT2D eigenvalue weighted by molar-refractivity contribution is 0.411. The van der Waals surface area contributed by atoms with Gasteiger partial charge in [0.2, 0.25) is 0 Å². The smallest absolute Gasteiger partial charge is 0.121 e. The van der Waals surface area contributed by atoms with Crippen molar-refractivity contribution in [3.63, 3.8) is 0 Å². The molecule has 0 unspecified atom stereocenters. The van der Waals surface area contributed by atoms with Crippen LogP contribution in [0.5, 0.6) is 5.75 Å². The van der Waals surface area contributed by atoms with Gasteiger partial charge in [0, 0.05) is 12.2 Å². The molecule has 94 valence electrons. The van der Waals surface area contributed by atoms with Crippen LogP contribution in [0.15, 0.2) is 36.5 Å². The number of nitrogens with one attached hydrogen (secondary N) is 1. The quantitative estimate of drug-likeness (QED) is 0.893. The number of aryl methyl sites for hydroxylation is 2. The van der Waals surface area contributed by atoms with Gasteiger partial charge in [-0.2, -0.15) is 0 Å². The first-order valence-electron chi connectivity index (χ1n) is 5.99. The Balaban J connectivity index is 2.02. The van der Waals surface area contributed by atoms with Crippen molar-refractivity contribution < 1.29 is 4.74 Å². The average Bonchev–Trinajstić information content (AvgIpc) is 2.38. The van der Waals surface area contributed by atoms with Crippen LogP contribution in [0.2, 0.25) is 0 Å². The summed E-state index contributed by atoms with van der Waals surface area (Å²) in [7, 11) is 1.69. The number of benzene rings is 1. The number of aromatic nitrogens is 1. The van der Waals surface area contributed by atoms with Gasteiger partial charge in [-0.1, -0.05) is 12.1 Å². The van der Waals surface area contributed by atoms with Gasteiger partial charge in [0.25, 0.3) is 0 Å². The lowest BCUT2D eigenvalue weighted by atomic mass is 10.1. The zero-order valence-electron chi connectivity index (χ0n) is 11.0. The van der Waals surface area contributed by atoms with Crippen LogP contribution >= 0.6 is 0 Å². The Morgan fingerprint density at radius 3 is 2.61 bits per heavy atom. The minimum absolute atomic E-state index is 0.787. The molecule has 0 aliphatic rings. The van der Waals surface area contributed by atoms with Gasteiger partial charge < -0.3 is 10.1 Å². The molecule has 0 amide bonds. The topological polar surface area (TPSA) is 34.1 Å². The van der Waals surface area contributed by atoms with Crippen LogP contribution < -0.4 is 10.1 Å². The van der Waals surface area contributed by atoms with E-state index < -0.39 is 0 Å². The maximum absolute atomic E-state index is 5.25. The lowest BCUT2D eigenvalue weighted by Crippen LogP contribution is -2.00. The molecule has 0 aliphatic carbocycles. The molecule has 18 heavy (non-hydrogen) atoms. The Hall–Kier alpha value is -2.03. The van der Waals surface area contributed by atoms with Crippen molar-refractivity contribution in [2.45, 2.75) is 20.4 Å². The second kappa shape index (κ2) is 5.54. The molecule has 0 bridgehead atoms. The van der Waals surface area contributed by atoms with Crippen LogP contribution in [-0.4, -0.2) is 12.1 Å². The predicted molar refractivity (Wildman–Crippen MR) is 74.0 cm³/mol. The molecule has 0 atom stereocenters. The number of hydrogen-bond donors (Lipinski definition) is 1. The van der Waals surface area contributed by atoms with Crippen LogP contribution in [-0.2, 0) is 6.54 Å². The monoisotopic (exact) mass is 242 g/mol. The van der Waals surface area contributed by atoms with E-state index in [0.717, 1.165) is 29.2 Å². The maximum atomic E-state index is 5.25. The van der Waals surface area contributed by atoms with Crippen molar-refractivity contribution in [2.24, 2.45) is 0 Å². The fourth-order valence-electron chi connectivity index (χ4n) is 1.83. The molecule has 0 spiro atoms. The second-order valence-corrected chi connectivity index (χ2v) is 4.35.